The Morgan fingerprint density at radius 2 is 2.11 bits per heavy atom. The summed E-state index contributed by atoms with van der Waals surface area (Å²) < 4.78 is 38.9. The van der Waals surface area contributed by atoms with E-state index in [0.717, 1.165) is 6.07 Å². The zero-order chi connectivity index (χ0) is 12.9. The van der Waals surface area contributed by atoms with Crippen molar-refractivity contribution in [3.63, 3.8) is 0 Å². The molecule has 1 saturated heterocycles. The fourth-order valence-electron chi connectivity index (χ4n) is 2.72. The van der Waals surface area contributed by atoms with Crippen molar-refractivity contribution in [1.29, 1.82) is 0 Å². The van der Waals surface area contributed by atoms with Gasteiger partial charge in [-0.25, -0.2) is 0 Å². The monoisotopic (exact) mass is 256 g/mol. The van der Waals surface area contributed by atoms with Gasteiger partial charge in [-0.2, -0.15) is 13.2 Å². The zero-order valence-electron chi connectivity index (χ0n) is 9.42. The summed E-state index contributed by atoms with van der Waals surface area (Å²) in [6.45, 7) is 0.817. The van der Waals surface area contributed by atoms with Gasteiger partial charge in [-0.3, -0.25) is 4.79 Å². The van der Waals surface area contributed by atoms with Crippen LogP contribution >= 0.6 is 0 Å². The fraction of sp³-hybridized carbons (Fsp3) is 0.417. The second-order valence-corrected chi connectivity index (χ2v) is 4.52. The van der Waals surface area contributed by atoms with Crippen LogP contribution in [0.5, 0.6) is 0 Å². The van der Waals surface area contributed by atoms with Crippen molar-refractivity contribution in [1.82, 2.24) is 5.32 Å². The summed E-state index contributed by atoms with van der Waals surface area (Å²) in [6, 6.07) is 3.65. The number of piperazine rings is 1. The largest absolute Gasteiger partial charge is 0.418 e. The van der Waals surface area contributed by atoms with Crippen molar-refractivity contribution in [2.75, 3.05) is 18.0 Å². The molecule has 2 aliphatic heterocycles. The number of halogens is 3. The Balaban J connectivity index is 2.11. The standard InChI is InChI=1S/C12H11F3N2O/c13-12(14,15)8-3-1-2-7-6-9-11(18)16-4-5-17(9)10(7)8/h1-3,9H,4-6H2,(H,16,18). The number of fused-ring (bicyclic) bond motifs is 3. The maximum atomic E-state index is 13.0. The van der Waals surface area contributed by atoms with E-state index >= 15 is 0 Å². The number of nitrogens with one attached hydrogen (secondary N) is 1. The minimum absolute atomic E-state index is 0.185. The van der Waals surface area contributed by atoms with E-state index in [-0.39, 0.29) is 11.6 Å². The molecular formula is C12H11F3N2O. The van der Waals surface area contributed by atoms with E-state index < -0.39 is 17.8 Å². The Hall–Kier alpha value is -1.72. The lowest BCUT2D eigenvalue weighted by Crippen LogP contribution is -2.54. The molecule has 1 amide bonds. The molecule has 0 saturated carbocycles. The Kier molecular flexibility index (Phi) is 2.30. The van der Waals surface area contributed by atoms with E-state index in [1.807, 2.05) is 0 Å². The van der Waals surface area contributed by atoms with Crippen LogP contribution in [0.15, 0.2) is 18.2 Å². The van der Waals surface area contributed by atoms with Crippen LogP contribution in [0.1, 0.15) is 11.1 Å². The van der Waals surface area contributed by atoms with Crippen LogP contribution in [0.3, 0.4) is 0 Å². The Bertz CT molecular complexity index is 513. The van der Waals surface area contributed by atoms with Gasteiger partial charge in [0.15, 0.2) is 0 Å². The lowest BCUT2D eigenvalue weighted by atomic mass is 10.1. The molecule has 1 atom stereocenters. The minimum Gasteiger partial charge on any atom is -0.357 e. The van der Waals surface area contributed by atoms with Crippen LogP contribution in [0.25, 0.3) is 0 Å². The van der Waals surface area contributed by atoms with E-state index in [4.69, 9.17) is 0 Å². The Morgan fingerprint density at radius 1 is 1.33 bits per heavy atom. The van der Waals surface area contributed by atoms with Crippen molar-refractivity contribution >= 4 is 11.6 Å². The third-order valence-electron chi connectivity index (χ3n) is 3.46. The van der Waals surface area contributed by atoms with Crippen molar-refractivity contribution in [3.05, 3.63) is 29.3 Å². The molecule has 18 heavy (non-hydrogen) atoms. The molecule has 3 nitrogen and oxygen atoms in total. The van der Waals surface area contributed by atoms with Gasteiger partial charge in [0, 0.05) is 19.5 Å². The molecule has 3 rings (SSSR count). The normalized spacial score (nSPS) is 22.5. The molecule has 1 unspecified atom stereocenters. The van der Waals surface area contributed by atoms with Crippen molar-refractivity contribution in [2.45, 2.75) is 18.6 Å². The summed E-state index contributed by atoms with van der Waals surface area (Å²) in [7, 11) is 0. The first kappa shape index (κ1) is 11.4. The smallest absolute Gasteiger partial charge is 0.357 e. The summed E-state index contributed by atoms with van der Waals surface area (Å²) in [6.07, 6.45) is -4.03. The number of rotatable bonds is 0. The number of carbonyl (C=O) groups is 1. The summed E-state index contributed by atoms with van der Waals surface area (Å²) in [5.74, 6) is -0.189. The number of hydrogen-bond donors (Lipinski definition) is 1. The molecule has 1 aromatic rings. The molecule has 1 fully saturated rings. The van der Waals surface area contributed by atoms with E-state index in [9.17, 15) is 18.0 Å². The third-order valence-corrected chi connectivity index (χ3v) is 3.46. The SMILES string of the molecule is O=C1NCCN2c3c(cccc3C(F)(F)F)CC12. The minimum atomic E-state index is -4.38. The summed E-state index contributed by atoms with van der Waals surface area (Å²) >= 11 is 0. The van der Waals surface area contributed by atoms with Gasteiger partial charge >= 0.3 is 6.18 Å². The fourth-order valence-corrected chi connectivity index (χ4v) is 2.72. The highest BCUT2D eigenvalue weighted by Gasteiger charge is 2.43. The number of hydrogen-bond acceptors (Lipinski definition) is 2. The average Bonchev–Trinajstić information content (AvgIpc) is 2.68. The quantitative estimate of drug-likeness (QED) is 0.764. The molecule has 0 spiro atoms. The van der Waals surface area contributed by atoms with Gasteiger partial charge in [0.25, 0.3) is 0 Å². The van der Waals surface area contributed by atoms with Crippen LogP contribution < -0.4 is 10.2 Å². The van der Waals surface area contributed by atoms with Crippen LogP contribution in [0.2, 0.25) is 0 Å². The Morgan fingerprint density at radius 3 is 2.83 bits per heavy atom. The molecule has 0 aromatic heterocycles. The van der Waals surface area contributed by atoms with Crippen molar-refractivity contribution < 1.29 is 18.0 Å². The van der Waals surface area contributed by atoms with Gasteiger partial charge in [0.05, 0.1) is 11.3 Å². The van der Waals surface area contributed by atoms with Gasteiger partial charge < -0.3 is 10.2 Å². The second kappa shape index (κ2) is 3.63. The predicted molar refractivity (Wildman–Crippen MR) is 59.3 cm³/mol. The molecule has 2 aliphatic rings. The molecule has 0 radical (unpaired) electrons. The van der Waals surface area contributed by atoms with Crippen LogP contribution in [0.4, 0.5) is 18.9 Å². The van der Waals surface area contributed by atoms with Gasteiger partial charge in [-0.15, -0.1) is 0 Å². The Labute approximate surface area is 102 Å². The molecule has 1 aromatic carbocycles. The lowest BCUT2D eigenvalue weighted by Gasteiger charge is -2.32. The number of nitrogens with zero attached hydrogens (tertiary/aromatic N) is 1. The number of carbonyl (C=O) groups excluding carboxylic acids is 1. The number of benzene rings is 1. The van der Waals surface area contributed by atoms with E-state index in [1.54, 1.807) is 11.0 Å². The topological polar surface area (TPSA) is 32.3 Å². The third kappa shape index (κ3) is 1.55. The van der Waals surface area contributed by atoms with E-state index in [0.29, 0.717) is 25.1 Å². The highest BCUT2D eigenvalue weighted by molar-refractivity contribution is 5.90. The average molecular weight is 256 g/mol. The van der Waals surface area contributed by atoms with E-state index in [2.05, 4.69) is 5.32 Å². The van der Waals surface area contributed by atoms with Crippen LogP contribution in [-0.4, -0.2) is 25.0 Å². The van der Waals surface area contributed by atoms with Gasteiger partial charge in [0.2, 0.25) is 5.91 Å². The highest BCUT2D eigenvalue weighted by atomic mass is 19.4. The zero-order valence-corrected chi connectivity index (χ0v) is 9.42. The maximum absolute atomic E-state index is 13.0. The molecule has 96 valence electrons. The molecule has 0 aliphatic carbocycles. The highest BCUT2D eigenvalue weighted by Crippen LogP contribution is 2.43. The van der Waals surface area contributed by atoms with Crippen molar-refractivity contribution in [2.24, 2.45) is 0 Å². The summed E-state index contributed by atoms with van der Waals surface area (Å²) in [5, 5.41) is 2.68. The van der Waals surface area contributed by atoms with Crippen LogP contribution in [0, 0.1) is 0 Å². The van der Waals surface area contributed by atoms with Gasteiger partial charge in [0.1, 0.15) is 6.04 Å². The summed E-state index contributed by atoms with van der Waals surface area (Å²) in [5.41, 5.74) is 0.147. The number of alkyl halides is 3. The van der Waals surface area contributed by atoms with Crippen molar-refractivity contribution in [3.8, 4) is 0 Å². The van der Waals surface area contributed by atoms with E-state index in [1.165, 1.54) is 6.07 Å². The molecule has 2 heterocycles. The lowest BCUT2D eigenvalue weighted by molar-refractivity contribution is -0.137. The molecule has 0 bridgehead atoms. The maximum Gasteiger partial charge on any atom is 0.418 e. The molecule has 1 N–H and O–H groups in total. The molecular weight excluding hydrogens is 245 g/mol. The van der Waals surface area contributed by atoms with Gasteiger partial charge in [-0.05, 0) is 11.6 Å². The number of anilines is 1. The predicted octanol–water partition coefficient (Wildman–Crippen LogP) is 1.57. The number of para-hydroxylation sites is 1. The first-order valence-corrected chi connectivity index (χ1v) is 5.72. The second-order valence-electron chi connectivity index (χ2n) is 4.52. The van der Waals surface area contributed by atoms with Gasteiger partial charge in [-0.1, -0.05) is 12.1 Å². The number of amides is 1. The summed E-state index contributed by atoms with van der Waals surface area (Å²) in [4.78, 5) is 13.3. The first-order valence-electron chi connectivity index (χ1n) is 5.72. The molecule has 6 heteroatoms. The first-order chi connectivity index (χ1) is 8.48. The van der Waals surface area contributed by atoms with Crippen LogP contribution in [-0.2, 0) is 17.4 Å².